The number of piperidine rings is 1. The quantitative estimate of drug-likeness (QED) is 0.461. The third-order valence-corrected chi connectivity index (χ3v) is 4.39. The van der Waals surface area contributed by atoms with Crippen molar-refractivity contribution < 1.29 is 18.7 Å². The van der Waals surface area contributed by atoms with Crippen molar-refractivity contribution in [1.82, 2.24) is 4.90 Å². The largest absolute Gasteiger partial charge is 0.465 e. The van der Waals surface area contributed by atoms with Gasteiger partial charge < -0.3 is 14.1 Å². The molecule has 6 nitrogen and oxygen atoms in total. The van der Waals surface area contributed by atoms with E-state index in [-0.39, 0.29) is 11.5 Å². The Balaban J connectivity index is 1.83. The molecule has 27 heavy (non-hydrogen) atoms. The number of amides is 1. The van der Waals surface area contributed by atoms with Crippen LogP contribution in [0.25, 0.3) is 6.08 Å². The van der Waals surface area contributed by atoms with Gasteiger partial charge in [0.05, 0.1) is 6.26 Å². The van der Waals surface area contributed by atoms with Gasteiger partial charge in [-0.2, -0.15) is 5.26 Å². The minimum atomic E-state index is -1.08. The minimum Gasteiger partial charge on any atom is -0.465 e. The van der Waals surface area contributed by atoms with Crippen molar-refractivity contribution >= 4 is 18.0 Å². The van der Waals surface area contributed by atoms with E-state index in [1.54, 1.807) is 41.3 Å². The molecule has 1 amide bonds. The van der Waals surface area contributed by atoms with Gasteiger partial charge in [0.2, 0.25) is 6.10 Å². The van der Waals surface area contributed by atoms with Crippen molar-refractivity contribution in [2.24, 2.45) is 0 Å². The number of esters is 1. The normalized spacial score (nSPS) is 15.7. The molecule has 0 saturated carbocycles. The van der Waals surface area contributed by atoms with Crippen molar-refractivity contribution in [1.29, 1.82) is 5.26 Å². The zero-order chi connectivity index (χ0) is 19.1. The average Bonchev–Trinajstić information content (AvgIpc) is 3.24. The summed E-state index contributed by atoms with van der Waals surface area (Å²) >= 11 is 0. The van der Waals surface area contributed by atoms with Gasteiger partial charge in [0.1, 0.15) is 17.4 Å². The fourth-order valence-corrected chi connectivity index (χ4v) is 2.99. The van der Waals surface area contributed by atoms with Crippen LogP contribution in [-0.4, -0.2) is 29.9 Å². The van der Waals surface area contributed by atoms with E-state index in [0.29, 0.717) is 24.4 Å². The van der Waals surface area contributed by atoms with E-state index in [9.17, 15) is 14.9 Å². The Morgan fingerprint density at radius 2 is 1.85 bits per heavy atom. The number of nitriles is 1. The smallest absolute Gasteiger partial charge is 0.350 e. The van der Waals surface area contributed by atoms with Crippen LogP contribution in [0, 0.1) is 11.3 Å². The second-order valence-electron chi connectivity index (χ2n) is 6.27. The van der Waals surface area contributed by atoms with Crippen molar-refractivity contribution in [3.05, 3.63) is 65.6 Å². The molecule has 1 saturated heterocycles. The minimum absolute atomic E-state index is 0.225. The molecule has 6 heteroatoms. The number of hydrogen-bond donors (Lipinski definition) is 0. The molecule has 0 bridgehead atoms. The molecule has 0 radical (unpaired) electrons. The van der Waals surface area contributed by atoms with E-state index >= 15 is 0 Å². The van der Waals surface area contributed by atoms with Gasteiger partial charge in [0.25, 0.3) is 5.91 Å². The van der Waals surface area contributed by atoms with Gasteiger partial charge in [-0.05, 0) is 31.4 Å². The molecular weight excluding hydrogens is 344 g/mol. The molecule has 138 valence electrons. The third-order valence-electron chi connectivity index (χ3n) is 4.39. The SMILES string of the molecule is N#C/C(=C\c1ccco1)C(=O)O[C@@H](C(=O)N1CCCCC1)c1ccccc1. The van der Waals surface area contributed by atoms with Crippen LogP contribution in [-0.2, 0) is 14.3 Å². The van der Waals surface area contributed by atoms with Gasteiger partial charge in [0.15, 0.2) is 0 Å². The van der Waals surface area contributed by atoms with Crippen LogP contribution in [0.15, 0.2) is 58.7 Å². The fraction of sp³-hybridized carbons (Fsp3) is 0.286. The van der Waals surface area contributed by atoms with Crippen LogP contribution in [0.4, 0.5) is 0 Å². The first kappa shape index (κ1) is 18.5. The number of ether oxygens (including phenoxy) is 1. The van der Waals surface area contributed by atoms with E-state index in [1.165, 1.54) is 12.3 Å². The summed E-state index contributed by atoms with van der Waals surface area (Å²) in [6.45, 7) is 1.29. The Bertz CT molecular complexity index is 844. The first-order valence-corrected chi connectivity index (χ1v) is 8.89. The number of furan rings is 1. The van der Waals surface area contributed by atoms with E-state index in [0.717, 1.165) is 19.3 Å². The summed E-state index contributed by atoms with van der Waals surface area (Å²) in [4.78, 5) is 27.3. The molecule has 0 aliphatic carbocycles. The fourth-order valence-electron chi connectivity index (χ4n) is 2.99. The monoisotopic (exact) mass is 364 g/mol. The zero-order valence-electron chi connectivity index (χ0n) is 14.8. The Morgan fingerprint density at radius 3 is 2.48 bits per heavy atom. The Morgan fingerprint density at radius 1 is 1.11 bits per heavy atom. The number of benzene rings is 1. The van der Waals surface area contributed by atoms with Crippen molar-refractivity contribution in [3.8, 4) is 6.07 Å². The van der Waals surface area contributed by atoms with Crippen LogP contribution in [0.1, 0.15) is 36.7 Å². The summed E-state index contributed by atoms with van der Waals surface area (Å²) in [5.41, 5.74) is 0.356. The molecule has 3 rings (SSSR count). The standard InChI is InChI=1S/C21H20N2O4/c22-15-17(14-18-10-7-13-26-18)21(25)27-19(16-8-3-1-4-9-16)20(24)23-11-5-2-6-12-23/h1,3-4,7-10,13-14,19H,2,5-6,11-12H2/b17-14+/t19-/m1/s1. The highest BCUT2D eigenvalue weighted by Crippen LogP contribution is 2.24. The molecule has 1 fully saturated rings. The van der Waals surface area contributed by atoms with Gasteiger partial charge >= 0.3 is 5.97 Å². The predicted molar refractivity (Wildman–Crippen MR) is 98.0 cm³/mol. The summed E-state index contributed by atoms with van der Waals surface area (Å²) in [6, 6.07) is 14.0. The van der Waals surface area contributed by atoms with E-state index in [1.807, 2.05) is 12.1 Å². The topological polar surface area (TPSA) is 83.5 Å². The highest BCUT2D eigenvalue weighted by molar-refractivity contribution is 5.99. The summed E-state index contributed by atoms with van der Waals surface area (Å²) in [5.74, 6) is -0.750. The molecule has 0 unspecified atom stereocenters. The Labute approximate surface area is 157 Å². The van der Waals surface area contributed by atoms with Gasteiger partial charge in [-0.3, -0.25) is 4.79 Å². The molecule has 1 aliphatic heterocycles. The van der Waals surface area contributed by atoms with Crippen LogP contribution < -0.4 is 0 Å². The maximum absolute atomic E-state index is 13.0. The second-order valence-corrected chi connectivity index (χ2v) is 6.27. The number of rotatable bonds is 5. The molecule has 0 N–H and O–H groups in total. The van der Waals surface area contributed by atoms with Crippen LogP contribution in [0.3, 0.4) is 0 Å². The molecule has 2 heterocycles. The van der Waals surface area contributed by atoms with Crippen molar-refractivity contribution in [2.75, 3.05) is 13.1 Å². The Hall–Kier alpha value is -3.33. The molecule has 0 spiro atoms. The maximum Gasteiger partial charge on any atom is 0.350 e. The zero-order valence-corrected chi connectivity index (χ0v) is 14.8. The predicted octanol–water partition coefficient (Wildman–Crippen LogP) is 3.48. The average molecular weight is 364 g/mol. The maximum atomic E-state index is 13.0. The summed E-state index contributed by atoms with van der Waals surface area (Å²) in [6.07, 6.45) is 4.62. The number of likely N-dealkylation sites (tertiary alicyclic amines) is 1. The summed E-state index contributed by atoms with van der Waals surface area (Å²) in [7, 11) is 0. The highest BCUT2D eigenvalue weighted by atomic mass is 16.5. The number of carbonyl (C=O) groups is 2. The number of nitrogens with zero attached hydrogens (tertiary/aromatic N) is 2. The van der Waals surface area contributed by atoms with Crippen molar-refractivity contribution in [3.63, 3.8) is 0 Å². The van der Waals surface area contributed by atoms with E-state index < -0.39 is 12.1 Å². The van der Waals surface area contributed by atoms with Gasteiger partial charge in [-0.25, -0.2) is 4.79 Å². The van der Waals surface area contributed by atoms with Crippen molar-refractivity contribution in [2.45, 2.75) is 25.4 Å². The molecular formula is C21H20N2O4. The molecule has 1 atom stereocenters. The molecule has 1 aromatic heterocycles. The van der Waals surface area contributed by atoms with Crippen LogP contribution in [0.2, 0.25) is 0 Å². The van der Waals surface area contributed by atoms with Crippen LogP contribution in [0.5, 0.6) is 0 Å². The Kier molecular flexibility index (Phi) is 6.06. The lowest BCUT2D eigenvalue weighted by molar-refractivity contribution is -0.158. The van der Waals surface area contributed by atoms with Gasteiger partial charge in [0, 0.05) is 24.7 Å². The third kappa shape index (κ3) is 4.64. The molecule has 2 aromatic rings. The van der Waals surface area contributed by atoms with Gasteiger partial charge in [-0.1, -0.05) is 30.3 Å². The lowest BCUT2D eigenvalue weighted by Gasteiger charge is -2.30. The van der Waals surface area contributed by atoms with Gasteiger partial charge in [-0.15, -0.1) is 0 Å². The number of carbonyl (C=O) groups excluding carboxylic acids is 2. The first-order chi connectivity index (χ1) is 13.2. The second kappa shape index (κ2) is 8.86. The number of hydrogen-bond acceptors (Lipinski definition) is 5. The molecule has 1 aliphatic rings. The first-order valence-electron chi connectivity index (χ1n) is 8.89. The lowest BCUT2D eigenvalue weighted by atomic mass is 10.1. The van der Waals surface area contributed by atoms with Crippen LogP contribution >= 0.6 is 0 Å². The lowest BCUT2D eigenvalue weighted by Crippen LogP contribution is -2.40. The molecule has 1 aromatic carbocycles. The van der Waals surface area contributed by atoms with E-state index in [4.69, 9.17) is 9.15 Å². The summed E-state index contributed by atoms with van der Waals surface area (Å²) in [5, 5.41) is 9.31. The highest BCUT2D eigenvalue weighted by Gasteiger charge is 2.31. The van der Waals surface area contributed by atoms with E-state index in [2.05, 4.69) is 0 Å². The summed E-state index contributed by atoms with van der Waals surface area (Å²) < 4.78 is 10.6.